The molecule has 1 heterocycles. The Kier molecular flexibility index (Phi) is 3.32. The molecule has 5 nitrogen and oxygen atoms in total. The number of H-pyrrole nitrogens is 2. The maximum atomic E-state index is 11.6. The van der Waals surface area contributed by atoms with E-state index in [1.165, 1.54) is 6.07 Å². The summed E-state index contributed by atoms with van der Waals surface area (Å²) in [5, 5.41) is 18.8. The molecule has 0 radical (unpaired) electrons. The lowest BCUT2D eigenvalue weighted by molar-refractivity contribution is 0.477. The predicted octanol–water partition coefficient (Wildman–Crippen LogP) is 2.44. The van der Waals surface area contributed by atoms with Gasteiger partial charge in [0.05, 0.1) is 5.69 Å². The molecular formula is C11H6BrN3O2S. The van der Waals surface area contributed by atoms with E-state index in [0.717, 1.165) is 0 Å². The Morgan fingerprint density at radius 3 is 2.78 bits per heavy atom. The van der Waals surface area contributed by atoms with Crippen molar-refractivity contribution in [3.63, 3.8) is 0 Å². The number of nitriles is 1. The summed E-state index contributed by atoms with van der Waals surface area (Å²) < 4.78 is 0.798. The molecule has 0 aliphatic rings. The largest absolute Gasteiger partial charge is 0.507 e. The van der Waals surface area contributed by atoms with Crippen molar-refractivity contribution in [2.24, 2.45) is 0 Å². The molecule has 90 valence electrons. The fourth-order valence-corrected chi connectivity index (χ4v) is 2.06. The van der Waals surface area contributed by atoms with E-state index in [2.05, 4.69) is 25.9 Å². The number of hydrogen-bond donors (Lipinski definition) is 3. The second kappa shape index (κ2) is 4.76. The van der Waals surface area contributed by atoms with Crippen LogP contribution in [0.1, 0.15) is 5.56 Å². The van der Waals surface area contributed by atoms with Crippen LogP contribution in [0.2, 0.25) is 0 Å². The molecule has 0 fully saturated rings. The lowest BCUT2D eigenvalue weighted by Gasteiger charge is -2.06. The van der Waals surface area contributed by atoms with Gasteiger partial charge in [0, 0.05) is 10.0 Å². The number of rotatable bonds is 1. The zero-order valence-electron chi connectivity index (χ0n) is 8.82. The lowest BCUT2D eigenvalue weighted by atomic mass is 10.1. The molecule has 0 saturated carbocycles. The molecule has 0 bridgehead atoms. The number of nitrogens with one attached hydrogen (secondary N) is 2. The fourth-order valence-electron chi connectivity index (χ4n) is 1.50. The van der Waals surface area contributed by atoms with Crippen LogP contribution in [0.3, 0.4) is 0 Å². The molecule has 0 aliphatic carbocycles. The summed E-state index contributed by atoms with van der Waals surface area (Å²) in [7, 11) is 0. The molecule has 1 aromatic carbocycles. The standard InChI is InChI=1S/C11H6BrN3O2S/c12-5-1-2-8(16)6(3-5)9-7(4-13)10(17)15-11(18)14-9/h1-3,16H,(H2,14,15,17,18). The van der Waals surface area contributed by atoms with Crippen molar-refractivity contribution in [1.29, 1.82) is 5.26 Å². The maximum absolute atomic E-state index is 11.6. The Morgan fingerprint density at radius 1 is 1.39 bits per heavy atom. The third-order valence-electron chi connectivity index (χ3n) is 2.28. The minimum absolute atomic E-state index is 0.0500. The van der Waals surface area contributed by atoms with Crippen LogP contribution in [0.4, 0.5) is 0 Å². The normalized spacial score (nSPS) is 10.0. The van der Waals surface area contributed by atoms with E-state index in [0.29, 0.717) is 10.0 Å². The van der Waals surface area contributed by atoms with Crippen LogP contribution in [-0.4, -0.2) is 15.1 Å². The summed E-state index contributed by atoms with van der Waals surface area (Å²) in [4.78, 5) is 16.6. The van der Waals surface area contributed by atoms with E-state index in [4.69, 9.17) is 17.5 Å². The zero-order chi connectivity index (χ0) is 13.3. The highest BCUT2D eigenvalue weighted by Gasteiger charge is 2.13. The SMILES string of the molecule is N#Cc1c(-c2cc(Br)ccc2O)[nH]c(=S)[nH]c1=O. The number of aromatic hydroxyl groups is 1. The number of halogens is 1. The number of phenolic OH excluding ortho intramolecular Hbond substituents is 1. The molecule has 0 unspecified atom stereocenters. The molecule has 0 amide bonds. The highest BCUT2D eigenvalue weighted by Crippen LogP contribution is 2.31. The van der Waals surface area contributed by atoms with Gasteiger partial charge in [-0.25, -0.2) is 0 Å². The second-order valence-electron chi connectivity index (χ2n) is 3.43. The van der Waals surface area contributed by atoms with Crippen LogP contribution in [0.5, 0.6) is 5.75 Å². The summed E-state index contributed by atoms with van der Waals surface area (Å²) in [6, 6.07) is 6.48. The first-order chi connectivity index (χ1) is 8.52. The van der Waals surface area contributed by atoms with Gasteiger partial charge >= 0.3 is 0 Å². The summed E-state index contributed by atoms with van der Waals surface area (Å²) in [5.41, 5.74) is -0.184. The molecule has 0 aliphatic heterocycles. The van der Waals surface area contributed by atoms with Gasteiger partial charge < -0.3 is 10.1 Å². The van der Waals surface area contributed by atoms with Crippen LogP contribution in [-0.2, 0) is 0 Å². The summed E-state index contributed by atoms with van der Waals surface area (Å²) in [6.45, 7) is 0. The van der Waals surface area contributed by atoms with E-state index < -0.39 is 5.56 Å². The highest BCUT2D eigenvalue weighted by molar-refractivity contribution is 9.10. The monoisotopic (exact) mass is 323 g/mol. The van der Waals surface area contributed by atoms with Gasteiger partial charge in [-0.1, -0.05) is 15.9 Å². The Labute approximate surface area is 115 Å². The molecule has 18 heavy (non-hydrogen) atoms. The minimum atomic E-state index is -0.587. The molecule has 7 heteroatoms. The topological polar surface area (TPSA) is 92.7 Å². The van der Waals surface area contributed by atoms with Crippen molar-refractivity contribution in [2.75, 3.05) is 0 Å². The number of aromatic nitrogens is 2. The molecule has 0 atom stereocenters. The van der Waals surface area contributed by atoms with Gasteiger partial charge in [-0.2, -0.15) is 5.26 Å². The second-order valence-corrected chi connectivity index (χ2v) is 4.76. The van der Waals surface area contributed by atoms with Crippen LogP contribution in [0.15, 0.2) is 27.5 Å². The average molecular weight is 324 g/mol. The van der Waals surface area contributed by atoms with Crippen LogP contribution < -0.4 is 5.56 Å². The molecule has 2 aromatic rings. The quantitative estimate of drug-likeness (QED) is 0.703. The Bertz CT molecular complexity index is 773. The fraction of sp³-hybridized carbons (Fsp3) is 0. The van der Waals surface area contributed by atoms with Crippen molar-refractivity contribution >= 4 is 28.1 Å². The third kappa shape index (κ3) is 2.20. The lowest BCUT2D eigenvalue weighted by Crippen LogP contribution is -2.13. The molecule has 0 saturated heterocycles. The van der Waals surface area contributed by atoms with Gasteiger partial charge in [0.25, 0.3) is 5.56 Å². The highest BCUT2D eigenvalue weighted by atomic mass is 79.9. The van der Waals surface area contributed by atoms with E-state index in [9.17, 15) is 9.90 Å². The first kappa shape index (κ1) is 12.5. The maximum Gasteiger partial charge on any atom is 0.270 e. The summed E-state index contributed by atoms with van der Waals surface area (Å²) in [6.07, 6.45) is 0. The van der Waals surface area contributed by atoms with Gasteiger partial charge in [0.2, 0.25) is 0 Å². The third-order valence-corrected chi connectivity index (χ3v) is 2.98. The smallest absolute Gasteiger partial charge is 0.270 e. The van der Waals surface area contributed by atoms with Crippen LogP contribution in [0, 0.1) is 16.1 Å². The Balaban J connectivity index is 2.87. The minimum Gasteiger partial charge on any atom is -0.507 e. The first-order valence-corrected chi connectivity index (χ1v) is 5.98. The Hall–Kier alpha value is -1.91. The van der Waals surface area contributed by atoms with Crippen molar-refractivity contribution in [3.8, 4) is 23.1 Å². The summed E-state index contributed by atoms with van der Waals surface area (Å²) in [5.74, 6) is -0.0500. The van der Waals surface area contributed by atoms with Crippen molar-refractivity contribution in [1.82, 2.24) is 9.97 Å². The van der Waals surface area contributed by atoms with Gasteiger partial charge in [-0.3, -0.25) is 9.78 Å². The number of nitrogens with zero attached hydrogens (tertiary/aromatic N) is 1. The van der Waals surface area contributed by atoms with Gasteiger partial charge in [-0.15, -0.1) is 0 Å². The van der Waals surface area contributed by atoms with E-state index >= 15 is 0 Å². The zero-order valence-corrected chi connectivity index (χ0v) is 11.2. The van der Waals surface area contributed by atoms with Gasteiger partial charge in [0.1, 0.15) is 17.4 Å². The predicted molar refractivity (Wildman–Crippen MR) is 71.8 cm³/mol. The average Bonchev–Trinajstić information content (AvgIpc) is 2.31. The summed E-state index contributed by atoms with van der Waals surface area (Å²) >= 11 is 8.11. The van der Waals surface area contributed by atoms with E-state index in [1.54, 1.807) is 18.2 Å². The number of aromatic amines is 2. The van der Waals surface area contributed by atoms with E-state index in [-0.39, 0.29) is 21.8 Å². The van der Waals surface area contributed by atoms with Gasteiger partial charge in [-0.05, 0) is 30.4 Å². The first-order valence-electron chi connectivity index (χ1n) is 4.78. The molecule has 0 spiro atoms. The number of benzene rings is 1. The van der Waals surface area contributed by atoms with E-state index in [1.807, 2.05) is 0 Å². The van der Waals surface area contributed by atoms with Crippen LogP contribution in [0.25, 0.3) is 11.3 Å². The van der Waals surface area contributed by atoms with Crippen LogP contribution >= 0.6 is 28.1 Å². The van der Waals surface area contributed by atoms with Crippen molar-refractivity contribution in [3.05, 3.63) is 43.4 Å². The molecular weight excluding hydrogens is 318 g/mol. The van der Waals surface area contributed by atoms with Gasteiger partial charge in [0.15, 0.2) is 4.77 Å². The molecule has 2 rings (SSSR count). The number of hydrogen-bond acceptors (Lipinski definition) is 4. The van der Waals surface area contributed by atoms with Crippen molar-refractivity contribution in [2.45, 2.75) is 0 Å². The number of phenols is 1. The Morgan fingerprint density at radius 2 is 2.11 bits per heavy atom. The van der Waals surface area contributed by atoms with Crippen molar-refractivity contribution < 1.29 is 5.11 Å². The molecule has 1 aromatic heterocycles. The molecule has 3 N–H and O–H groups in total.